The van der Waals surface area contributed by atoms with Crippen LogP contribution in [0.2, 0.25) is 0 Å². The maximum atomic E-state index is 15.9. The third-order valence-electron chi connectivity index (χ3n) is 13.1. The Balaban J connectivity index is 1.08. The smallest absolute Gasteiger partial charge is 0.310 e. The predicted octanol–water partition coefficient (Wildman–Crippen LogP) is 19.5. The van der Waals surface area contributed by atoms with Gasteiger partial charge in [-0.1, -0.05) is 194 Å². The Hall–Kier alpha value is -8.93. The minimum Gasteiger partial charge on any atom is -0.310 e. The average Bonchev–Trinajstić information content (AvgIpc) is 3.67. The number of hydrogen-bond donors (Lipinski definition) is 0. The summed E-state index contributed by atoms with van der Waals surface area (Å²) in [5.74, 6) is 0. The summed E-state index contributed by atoms with van der Waals surface area (Å²) < 4.78 is 132. The fourth-order valence-corrected chi connectivity index (χ4v) is 9.81. The predicted molar refractivity (Wildman–Crippen MR) is 291 cm³/mol. The lowest BCUT2D eigenvalue weighted by Crippen LogP contribution is -2.17. The SMILES string of the molecule is [2H]c1c([2H])c([2H])c(-c2ccc(N(c3ccc(-c4ccccc4)cc3)c3ccc4ccc5c(N(c6ccc(-c7ccccc7)cc6)c6ccc(-c7c([2H])c([2H])c([2H])c([2H])c7[2H])cc6C(F)(F)F)ccc6ccc3c4c65)c(C)c2)c([2H])c1[2H]. The molecule has 0 N–H and O–H groups in total. The lowest BCUT2D eigenvalue weighted by atomic mass is 9.91. The molecule has 12 rings (SSSR count). The molecule has 0 amide bonds. The number of alkyl halides is 3. The summed E-state index contributed by atoms with van der Waals surface area (Å²) in [6.07, 6.45) is -4.99. The molecule has 0 saturated heterocycles. The van der Waals surface area contributed by atoms with Crippen molar-refractivity contribution in [3.63, 3.8) is 0 Å². The number of halogens is 3. The topological polar surface area (TPSA) is 6.48 Å². The maximum absolute atomic E-state index is 15.9. The summed E-state index contributed by atoms with van der Waals surface area (Å²) >= 11 is 0. The first-order valence-corrected chi connectivity index (χ1v) is 23.0. The highest BCUT2D eigenvalue weighted by atomic mass is 19.4. The van der Waals surface area contributed by atoms with Gasteiger partial charge in [0.15, 0.2) is 0 Å². The van der Waals surface area contributed by atoms with E-state index < -0.39 is 60.1 Å². The van der Waals surface area contributed by atoms with Crippen molar-refractivity contribution in [2.75, 3.05) is 9.80 Å². The minimum absolute atomic E-state index is 0.0847. The van der Waals surface area contributed by atoms with Crippen LogP contribution in [0.25, 0.3) is 76.8 Å². The van der Waals surface area contributed by atoms with Crippen LogP contribution in [-0.4, -0.2) is 0 Å². The molecule has 0 aliphatic rings. The second kappa shape index (κ2) is 17.9. The van der Waals surface area contributed by atoms with Gasteiger partial charge in [0.1, 0.15) is 0 Å². The van der Waals surface area contributed by atoms with Crippen molar-refractivity contribution < 1.29 is 26.9 Å². The molecule has 0 atom stereocenters. The molecule has 0 fully saturated rings. The molecule has 12 aromatic rings. The fraction of sp³-hybridized carbons (Fsp3) is 0.0303. The van der Waals surface area contributed by atoms with Gasteiger partial charge in [0.25, 0.3) is 0 Å². The maximum Gasteiger partial charge on any atom is 0.418 e. The Bertz CT molecular complexity index is 4400. The van der Waals surface area contributed by atoms with Crippen LogP contribution in [0.15, 0.2) is 255 Å². The van der Waals surface area contributed by atoms with Gasteiger partial charge in [-0.3, -0.25) is 0 Å². The lowest BCUT2D eigenvalue weighted by molar-refractivity contribution is -0.137. The van der Waals surface area contributed by atoms with E-state index in [1.165, 1.54) is 12.1 Å². The first kappa shape index (κ1) is 33.5. The van der Waals surface area contributed by atoms with Crippen LogP contribution in [0.3, 0.4) is 0 Å². The molecule has 0 aliphatic heterocycles. The molecule has 0 spiro atoms. The van der Waals surface area contributed by atoms with Crippen molar-refractivity contribution in [3.8, 4) is 44.5 Å². The van der Waals surface area contributed by atoms with Crippen LogP contribution >= 0.6 is 0 Å². The summed E-state index contributed by atoms with van der Waals surface area (Å²) in [4.78, 5) is 3.69. The van der Waals surface area contributed by atoms with Crippen molar-refractivity contribution in [2.45, 2.75) is 13.1 Å². The van der Waals surface area contributed by atoms with Crippen molar-refractivity contribution in [1.82, 2.24) is 0 Å². The summed E-state index contributed by atoms with van der Waals surface area (Å²) in [5, 5.41) is 4.78. The van der Waals surface area contributed by atoms with E-state index in [1.807, 2.05) is 159 Å². The molecule has 12 aromatic carbocycles. The van der Waals surface area contributed by atoms with Crippen molar-refractivity contribution in [3.05, 3.63) is 266 Å². The highest BCUT2D eigenvalue weighted by Gasteiger charge is 2.37. The van der Waals surface area contributed by atoms with Gasteiger partial charge >= 0.3 is 6.18 Å². The zero-order valence-electron chi connectivity index (χ0n) is 48.0. The highest BCUT2D eigenvalue weighted by Crippen LogP contribution is 2.51. The zero-order valence-corrected chi connectivity index (χ0v) is 38.0. The molecule has 0 aliphatic carbocycles. The third kappa shape index (κ3) is 8.01. The van der Waals surface area contributed by atoms with Gasteiger partial charge in [0.05, 0.1) is 36.3 Å². The summed E-state index contributed by atoms with van der Waals surface area (Å²) in [7, 11) is 0. The molecule has 71 heavy (non-hydrogen) atoms. The van der Waals surface area contributed by atoms with Crippen LogP contribution in [0.1, 0.15) is 24.8 Å². The molecule has 0 radical (unpaired) electrons. The number of nitrogens with zero attached hydrogens (tertiary/aromatic N) is 2. The minimum atomic E-state index is -4.99. The molecule has 0 unspecified atom stereocenters. The summed E-state index contributed by atoms with van der Waals surface area (Å²) in [5.41, 5.74) is 6.29. The van der Waals surface area contributed by atoms with Gasteiger partial charge < -0.3 is 9.80 Å². The Labute approximate surface area is 425 Å². The Morgan fingerprint density at radius 1 is 0.352 bits per heavy atom. The Morgan fingerprint density at radius 2 is 0.732 bits per heavy atom. The van der Waals surface area contributed by atoms with Gasteiger partial charge in [-0.05, 0) is 139 Å². The fourth-order valence-electron chi connectivity index (χ4n) is 9.81. The van der Waals surface area contributed by atoms with E-state index in [0.29, 0.717) is 22.3 Å². The normalized spacial score (nSPS) is 13.6. The van der Waals surface area contributed by atoms with Crippen LogP contribution < -0.4 is 9.80 Å². The molecule has 0 heterocycles. The van der Waals surface area contributed by atoms with Gasteiger partial charge in [-0.15, -0.1) is 0 Å². The first-order valence-electron chi connectivity index (χ1n) is 28.0. The first-order chi connectivity index (χ1) is 38.9. The lowest BCUT2D eigenvalue weighted by Gasteiger charge is -2.31. The number of anilines is 6. The highest BCUT2D eigenvalue weighted by molar-refractivity contribution is 6.28. The monoisotopic (exact) mass is 932 g/mol. The average molecular weight is 933 g/mol. The van der Waals surface area contributed by atoms with Crippen molar-refractivity contribution >= 4 is 66.4 Å². The molecule has 0 saturated carbocycles. The quantitative estimate of drug-likeness (QED) is 0.126. The van der Waals surface area contributed by atoms with E-state index in [4.69, 9.17) is 13.7 Å². The Morgan fingerprint density at radius 3 is 1.18 bits per heavy atom. The standard InChI is InChI=1S/C66H45F3N2/c1-44-42-53(47-18-10-4-11-19-47)30-38-60(44)70(55-32-22-49(23-33-55)45-14-6-2-7-15-45)61-39-28-51-27-37-58-62(40-29-52-26-36-57(61)64(51)65(52)58)71(56-34-24-50(25-35-56)46-16-8-3-9-17-46)63-41-31-54(43-59(63)66(67,68)69)48-20-12-5-13-21-48/h2-43H,1H3/i4D,5D,10D,11D,12D,13D,18D,19D,20D,21D. The van der Waals surface area contributed by atoms with E-state index in [1.54, 1.807) is 29.2 Å². The van der Waals surface area contributed by atoms with Gasteiger partial charge in [-0.25, -0.2) is 0 Å². The molecule has 2 nitrogen and oxygen atoms in total. The van der Waals surface area contributed by atoms with Gasteiger partial charge in [0, 0.05) is 27.8 Å². The largest absolute Gasteiger partial charge is 0.418 e. The molecule has 0 bridgehead atoms. The molecule has 0 aromatic heterocycles. The number of benzene rings is 12. The number of hydrogen-bond acceptors (Lipinski definition) is 2. The molecular formula is C66H45F3N2. The van der Waals surface area contributed by atoms with Crippen LogP contribution in [0, 0.1) is 6.92 Å². The van der Waals surface area contributed by atoms with Crippen molar-refractivity contribution in [1.29, 1.82) is 0 Å². The van der Waals surface area contributed by atoms with Crippen LogP contribution in [0.5, 0.6) is 0 Å². The van der Waals surface area contributed by atoms with Gasteiger partial charge in [0.2, 0.25) is 0 Å². The van der Waals surface area contributed by atoms with E-state index >= 15 is 13.2 Å². The molecular weight excluding hydrogens is 878 g/mol. The number of rotatable bonds is 10. The summed E-state index contributed by atoms with van der Waals surface area (Å²) in [6.45, 7) is 1.91. The van der Waals surface area contributed by atoms with E-state index in [9.17, 15) is 0 Å². The summed E-state index contributed by atoms with van der Waals surface area (Å²) in [6, 6.07) is 54.5. The van der Waals surface area contributed by atoms with Crippen molar-refractivity contribution in [2.24, 2.45) is 0 Å². The van der Waals surface area contributed by atoms with E-state index in [-0.39, 0.29) is 34.5 Å². The second-order valence-corrected chi connectivity index (χ2v) is 17.3. The third-order valence-corrected chi connectivity index (χ3v) is 13.1. The molecule has 5 heteroatoms. The van der Waals surface area contributed by atoms with Gasteiger partial charge in [-0.2, -0.15) is 13.2 Å². The number of aryl methyl sites for hydroxylation is 1. The zero-order chi connectivity index (χ0) is 56.8. The van der Waals surface area contributed by atoms with E-state index in [0.717, 1.165) is 77.9 Å². The second-order valence-electron chi connectivity index (χ2n) is 17.3. The van der Waals surface area contributed by atoms with E-state index in [2.05, 4.69) is 4.90 Å². The van der Waals surface area contributed by atoms with Crippen LogP contribution in [-0.2, 0) is 6.18 Å². The Kier molecular flexibility index (Phi) is 8.44. The molecule has 340 valence electrons. The van der Waals surface area contributed by atoms with Crippen LogP contribution in [0.4, 0.5) is 47.3 Å².